The van der Waals surface area contributed by atoms with E-state index in [9.17, 15) is 9.18 Å². The third-order valence-electron chi connectivity index (χ3n) is 3.86. The van der Waals surface area contributed by atoms with Crippen LogP contribution in [0.2, 0.25) is 5.02 Å². The van der Waals surface area contributed by atoms with Crippen LogP contribution in [0.25, 0.3) is 17.0 Å². The molecule has 3 rings (SSSR count). The molecule has 0 amide bonds. The summed E-state index contributed by atoms with van der Waals surface area (Å²) in [5.41, 5.74) is 0.544. The first-order chi connectivity index (χ1) is 14.2. The van der Waals surface area contributed by atoms with Crippen molar-refractivity contribution in [1.29, 1.82) is 0 Å². The third-order valence-corrected chi connectivity index (χ3v) is 4.09. The predicted molar refractivity (Wildman–Crippen MR) is 112 cm³/mol. The van der Waals surface area contributed by atoms with E-state index in [2.05, 4.69) is 9.97 Å². The van der Waals surface area contributed by atoms with Crippen LogP contribution in [-0.4, -0.2) is 28.6 Å². The van der Waals surface area contributed by atoms with Gasteiger partial charge in [0.25, 0.3) is 0 Å². The first-order valence-corrected chi connectivity index (χ1v) is 9.41. The van der Waals surface area contributed by atoms with Crippen LogP contribution in [0.3, 0.4) is 0 Å². The van der Waals surface area contributed by atoms with Crippen molar-refractivity contribution >= 4 is 34.5 Å². The molecule has 6 nitrogen and oxygen atoms in total. The molecule has 0 unspecified atom stereocenters. The second-order valence-corrected chi connectivity index (χ2v) is 7.77. The molecular weight excluding hydrogens is 411 g/mol. The smallest absolute Gasteiger partial charge is 0.331 e. The molecule has 1 aromatic heterocycles. The highest BCUT2D eigenvalue weighted by atomic mass is 35.5. The van der Waals surface area contributed by atoms with Gasteiger partial charge in [-0.15, -0.1) is 0 Å². The maximum atomic E-state index is 14.1. The highest BCUT2D eigenvalue weighted by Crippen LogP contribution is 2.33. The number of ether oxygens (including phenoxy) is 3. The third kappa shape index (κ3) is 5.24. The lowest BCUT2D eigenvalue weighted by molar-refractivity contribution is -0.148. The molecule has 0 aliphatic heterocycles. The van der Waals surface area contributed by atoms with Crippen molar-refractivity contribution in [1.82, 2.24) is 9.97 Å². The Morgan fingerprint density at radius 1 is 1.13 bits per heavy atom. The van der Waals surface area contributed by atoms with Gasteiger partial charge in [0.15, 0.2) is 11.6 Å². The van der Waals surface area contributed by atoms with Gasteiger partial charge in [0.2, 0.25) is 5.88 Å². The summed E-state index contributed by atoms with van der Waals surface area (Å²) in [4.78, 5) is 20.3. The van der Waals surface area contributed by atoms with E-state index in [0.29, 0.717) is 22.2 Å². The van der Waals surface area contributed by atoms with Gasteiger partial charge in [0.1, 0.15) is 17.7 Å². The number of fused-ring (bicyclic) bond motifs is 1. The molecule has 0 saturated carbocycles. The Hall–Kier alpha value is -3.19. The summed E-state index contributed by atoms with van der Waals surface area (Å²) in [5.74, 6) is -0.499. The van der Waals surface area contributed by atoms with E-state index in [1.54, 1.807) is 39.0 Å². The molecule has 0 N–H and O–H groups in total. The topological polar surface area (TPSA) is 70.5 Å². The Labute approximate surface area is 178 Å². The maximum Gasteiger partial charge on any atom is 0.331 e. The van der Waals surface area contributed by atoms with Crippen LogP contribution in [0.15, 0.2) is 42.7 Å². The van der Waals surface area contributed by atoms with Gasteiger partial charge in [0, 0.05) is 16.7 Å². The van der Waals surface area contributed by atoms with Crippen LogP contribution in [0.5, 0.6) is 17.4 Å². The van der Waals surface area contributed by atoms with Crippen LogP contribution >= 0.6 is 11.6 Å². The van der Waals surface area contributed by atoms with Crippen molar-refractivity contribution in [3.63, 3.8) is 0 Å². The normalized spacial score (nSPS) is 11.7. The van der Waals surface area contributed by atoms with Gasteiger partial charge >= 0.3 is 5.97 Å². The van der Waals surface area contributed by atoms with Gasteiger partial charge in [-0.2, -0.15) is 0 Å². The van der Waals surface area contributed by atoms with E-state index in [4.69, 9.17) is 25.8 Å². The lowest BCUT2D eigenvalue weighted by Crippen LogP contribution is -2.22. The zero-order valence-electron chi connectivity index (χ0n) is 16.9. The SMILES string of the molecule is COc1cc2c(Oc3ccc(Cl)cc3F)ncnc2cc1C=CC(=O)OC(C)(C)C. The first-order valence-electron chi connectivity index (χ1n) is 9.03. The zero-order chi connectivity index (χ0) is 21.9. The number of rotatable bonds is 5. The summed E-state index contributed by atoms with van der Waals surface area (Å²) in [6.07, 6.45) is 4.20. The number of carbonyl (C=O) groups excluding carboxylic acids is 1. The molecule has 0 radical (unpaired) electrons. The minimum Gasteiger partial charge on any atom is -0.496 e. The number of esters is 1. The van der Waals surface area contributed by atoms with E-state index < -0.39 is 17.4 Å². The lowest BCUT2D eigenvalue weighted by atomic mass is 10.1. The molecular formula is C22H20ClFN2O4. The average Bonchev–Trinajstić information content (AvgIpc) is 2.66. The molecule has 0 aliphatic carbocycles. The molecule has 156 valence electrons. The van der Waals surface area contributed by atoms with Crippen molar-refractivity contribution in [2.24, 2.45) is 0 Å². The number of aromatic nitrogens is 2. The summed E-state index contributed by atoms with van der Waals surface area (Å²) in [6, 6.07) is 7.46. The number of benzene rings is 2. The van der Waals surface area contributed by atoms with Crippen LogP contribution in [0, 0.1) is 5.82 Å². The van der Waals surface area contributed by atoms with Gasteiger partial charge in [-0.1, -0.05) is 11.6 Å². The second-order valence-electron chi connectivity index (χ2n) is 7.33. The summed E-state index contributed by atoms with van der Waals surface area (Å²) >= 11 is 5.78. The fourth-order valence-electron chi connectivity index (χ4n) is 2.62. The summed E-state index contributed by atoms with van der Waals surface area (Å²) in [6.45, 7) is 5.37. The average molecular weight is 431 g/mol. The van der Waals surface area contributed by atoms with Crippen molar-refractivity contribution in [3.05, 3.63) is 59.1 Å². The molecule has 3 aromatic rings. The molecule has 30 heavy (non-hydrogen) atoms. The predicted octanol–water partition coefficient (Wildman–Crippen LogP) is 5.58. The number of carbonyl (C=O) groups is 1. The number of methoxy groups -OCH3 is 1. The molecule has 0 saturated heterocycles. The number of nitrogens with zero attached hydrogens (tertiary/aromatic N) is 2. The van der Waals surface area contributed by atoms with E-state index in [1.165, 1.54) is 31.6 Å². The molecule has 0 bridgehead atoms. The van der Waals surface area contributed by atoms with Crippen LogP contribution in [0.4, 0.5) is 4.39 Å². The van der Waals surface area contributed by atoms with Gasteiger partial charge in [-0.05, 0) is 57.2 Å². The van der Waals surface area contributed by atoms with E-state index in [1.807, 2.05) is 0 Å². The fourth-order valence-corrected chi connectivity index (χ4v) is 2.78. The number of hydrogen-bond acceptors (Lipinski definition) is 6. The van der Waals surface area contributed by atoms with E-state index >= 15 is 0 Å². The van der Waals surface area contributed by atoms with Crippen molar-refractivity contribution in [3.8, 4) is 17.4 Å². The second kappa shape index (κ2) is 8.67. The van der Waals surface area contributed by atoms with E-state index in [0.717, 1.165) is 6.07 Å². The van der Waals surface area contributed by atoms with Crippen molar-refractivity contribution in [2.45, 2.75) is 26.4 Å². The van der Waals surface area contributed by atoms with Crippen molar-refractivity contribution < 1.29 is 23.4 Å². The van der Waals surface area contributed by atoms with Gasteiger partial charge in [-0.3, -0.25) is 0 Å². The summed E-state index contributed by atoms with van der Waals surface area (Å²) in [5, 5.41) is 0.772. The Kier molecular flexibility index (Phi) is 6.22. The Balaban J connectivity index is 1.97. The first kappa shape index (κ1) is 21.5. The van der Waals surface area contributed by atoms with E-state index in [-0.39, 0.29) is 16.7 Å². The monoisotopic (exact) mass is 430 g/mol. The largest absolute Gasteiger partial charge is 0.496 e. The maximum absolute atomic E-state index is 14.1. The highest BCUT2D eigenvalue weighted by Gasteiger charge is 2.15. The lowest BCUT2D eigenvalue weighted by Gasteiger charge is -2.18. The quantitative estimate of drug-likeness (QED) is 0.389. The molecule has 8 heteroatoms. The molecule has 0 spiro atoms. The van der Waals surface area contributed by atoms with Gasteiger partial charge < -0.3 is 14.2 Å². The highest BCUT2D eigenvalue weighted by molar-refractivity contribution is 6.30. The van der Waals surface area contributed by atoms with Gasteiger partial charge in [0.05, 0.1) is 18.0 Å². The van der Waals surface area contributed by atoms with Crippen LogP contribution in [0.1, 0.15) is 26.3 Å². The van der Waals surface area contributed by atoms with Crippen LogP contribution < -0.4 is 9.47 Å². The molecule has 2 aromatic carbocycles. The molecule has 0 atom stereocenters. The number of halogens is 2. The number of hydrogen-bond donors (Lipinski definition) is 0. The van der Waals surface area contributed by atoms with Crippen molar-refractivity contribution in [2.75, 3.05) is 7.11 Å². The zero-order valence-corrected chi connectivity index (χ0v) is 17.7. The summed E-state index contributed by atoms with van der Waals surface area (Å²) in [7, 11) is 1.50. The molecule has 0 aliphatic rings. The van der Waals surface area contributed by atoms with Crippen LogP contribution in [-0.2, 0) is 9.53 Å². The van der Waals surface area contributed by atoms with Gasteiger partial charge in [-0.25, -0.2) is 19.2 Å². The Morgan fingerprint density at radius 2 is 1.90 bits per heavy atom. The summed E-state index contributed by atoms with van der Waals surface area (Å²) < 4.78 is 30.4. The Morgan fingerprint density at radius 3 is 2.57 bits per heavy atom. The minimum atomic E-state index is -0.613. The Bertz CT molecular complexity index is 1130. The molecule has 0 fully saturated rings. The standard InChI is InChI=1S/C22H20ClFN2O4/c1-22(2,3)30-20(27)8-5-13-9-17-15(11-19(13)28-4)21(26-12-25-17)29-18-7-6-14(23)10-16(18)24/h5-12H,1-4H3. The fraction of sp³-hybridized carbons (Fsp3) is 0.227. The molecule has 1 heterocycles. The minimum absolute atomic E-state index is 0.0211.